The smallest absolute Gasteiger partial charge is 0.231 e. The predicted octanol–water partition coefficient (Wildman–Crippen LogP) is 2.71. The van der Waals surface area contributed by atoms with E-state index in [0.717, 1.165) is 5.56 Å². The number of anilines is 1. The summed E-state index contributed by atoms with van der Waals surface area (Å²) in [7, 11) is 0. The molecule has 5 heteroatoms. The molecular formula is C17H20N2O3. The van der Waals surface area contributed by atoms with Gasteiger partial charge in [-0.15, -0.1) is 0 Å². The van der Waals surface area contributed by atoms with Crippen LogP contribution in [0.1, 0.15) is 30.9 Å². The van der Waals surface area contributed by atoms with Crippen LogP contribution < -0.4 is 10.1 Å². The van der Waals surface area contributed by atoms with Crippen molar-refractivity contribution in [2.45, 2.75) is 26.4 Å². The van der Waals surface area contributed by atoms with Crippen molar-refractivity contribution >= 4 is 11.6 Å². The SMILES string of the molecule is CCOc1ccc(NC(=O)[C@@H](C)c2cccnc2)cc1CO. The number of aliphatic hydroxyl groups is 1. The van der Waals surface area contributed by atoms with Crippen molar-refractivity contribution in [1.82, 2.24) is 4.98 Å². The van der Waals surface area contributed by atoms with Crippen LogP contribution in [-0.4, -0.2) is 22.6 Å². The summed E-state index contributed by atoms with van der Waals surface area (Å²) in [5, 5.41) is 12.2. The molecule has 0 radical (unpaired) electrons. The van der Waals surface area contributed by atoms with Gasteiger partial charge in [0.1, 0.15) is 5.75 Å². The van der Waals surface area contributed by atoms with Gasteiger partial charge in [0.2, 0.25) is 5.91 Å². The van der Waals surface area contributed by atoms with Crippen molar-refractivity contribution in [1.29, 1.82) is 0 Å². The van der Waals surface area contributed by atoms with Gasteiger partial charge >= 0.3 is 0 Å². The zero-order valence-corrected chi connectivity index (χ0v) is 12.7. The van der Waals surface area contributed by atoms with E-state index in [0.29, 0.717) is 23.6 Å². The minimum absolute atomic E-state index is 0.124. The number of nitrogens with zero attached hydrogens (tertiary/aromatic N) is 1. The molecule has 0 aliphatic rings. The maximum absolute atomic E-state index is 12.3. The topological polar surface area (TPSA) is 71.5 Å². The maximum atomic E-state index is 12.3. The van der Waals surface area contributed by atoms with Gasteiger partial charge < -0.3 is 15.2 Å². The second kappa shape index (κ2) is 7.56. The van der Waals surface area contributed by atoms with Crippen LogP contribution >= 0.6 is 0 Å². The highest BCUT2D eigenvalue weighted by Gasteiger charge is 2.16. The Morgan fingerprint density at radius 3 is 2.86 bits per heavy atom. The van der Waals surface area contributed by atoms with Crippen molar-refractivity contribution in [3.8, 4) is 5.75 Å². The average Bonchev–Trinajstić information content (AvgIpc) is 2.56. The van der Waals surface area contributed by atoms with E-state index in [1.54, 1.807) is 36.7 Å². The molecule has 0 fully saturated rings. The Morgan fingerprint density at radius 2 is 2.23 bits per heavy atom. The zero-order chi connectivity index (χ0) is 15.9. The van der Waals surface area contributed by atoms with Gasteiger partial charge in [-0.3, -0.25) is 9.78 Å². The molecule has 1 atom stereocenters. The first-order chi connectivity index (χ1) is 10.7. The van der Waals surface area contributed by atoms with Crippen LogP contribution in [0.2, 0.25) is 0 Å². The van der Waals surface area contributed by atoms with Gasteiger partial charge in [0.15, 0.2) is 0 Å². The normalized spacial score (nSPS) is 11.8. The molecule has 0 aliphatic heterocycles. The Labute approximate surface area is 130 Å². The fourth-order valence-electron chi connectivity index (χ4n) is 2.11. The van der Waals surface area contributed by atoms with Crippen LogP contribution in [0.25, 0.3) is 0 Å². The lowest BCUT2D eigenvalue weighted by atomic mass is 10.0. The largest absolute Gasteiger partial charge is 0.494 e. The van der Waals surface area contributed by atoms with Gasteiger partial charge in [-0.25, -0.2) is 0 Å². The number of rotatable bonds is 6. The number of carbonyl (C=O) groups excluding carboxylic acids is 1. The summed E-state index contributed by atoms with van der Waals surface area (Å²) in [6, 6.07) is 8.91. The molecule has 2 N–H and O–H groups in total. The van der Waals surface area contributed by atoms with Gasteiger partial charge in [0.25, 0.3) is 0 Å². The molecule has 0 saturated carbocycles. The third kappa shape index (κ3) is 3.83. The highest BCUT2D eigenvalue weighted by molar-refractivity contribution is 5.95. The molecule has 0 spiro atoms. The van der Waals surface area contributed by atoms with E-state index < -0.39 is 0 Å². The lowest BCUT2D eigenvalue weighted by Gasteiger charge is -2.14. The Bertz CT molecular complexity index is 629. The summed E-state index contributed by atoms with van der Waals surface area (Å²) in [6.07, 6.45) is 3.36. The first kappa shape index (κ1) is 16.0. The van der Waals surface area contributed by atoms with Gasteiger partial charge in [-0.2, -0.15) is 0 Å². The molecule has 1 amide bonds. The van der Waals surface area contributed by atoms with Crippen molar-refractivity contribution in [3.63, 3.8) is 0 Å². The zero-order valence-electron chi connectivity index (χ0n) is 12.7. The second-order valence-electron chi connectivity index (χ2n) is 4.91. The van der Waals surface area contributed by atoms with E-state index in [9.17, 15) is 9.90 Å². The fourth-order valence-corrected chi connectivity index (χ4v) is 2.11. The molecular weight excluding hydrogens is 280 g/mol. The quantitative estimate of drug-likeness (QED) is 0.860. The highest BCUT2D eigenvalue weighted by Crippen LogP contribution is 2.24. The molecule has 1 aromatic heterocycles. The lowest BCUT2D eigenvalue weighted by molar-refractivity contribution is -0.117. The van der Waals surface area contributed by atoms with Crippen LogP contribution in [0.15, 0.2) is 42.7 Å². The van der Waals surface area contributed by atoms with E-state index >= 15 is 0 Å². The maximum Gasteiger partial charge on any atom is 0.231 e. The number of hydrogen-bond acceptors (Lipinski definition) is 4. The Balaban J connectivity index is 2.11. The molecule has 22 heavy (non-hydrogen) atoms. The van der Waals surface area contributed by atoms with Crippen molar-refractivity contribution in [2.24, 2.45) is 0 Å². The van der Waals surface area contributed by atoms with Gasteiger partial charge in [0.05, 0.1) is 19.1 Å². The minimum Gasteiger partial charge on any atom is -0.494 e. The molecule has 1 aromatic carbocycles. The first-order valence-corrected chi connectivity index (χ1v) is 7.23. The van der Waals surface area contributed by atoms with Gasteiger partial charge in [-0.05, 0) is 43.7 Å². The van der Waals surface area contributed by atoms with Crippen LogP contribution in [0.3, 0.4) is 0 Å². The number of carbonyl (C=O) groups is 1. The molecule has 5 nitrogen and oxygen atoms in total. The van der Waals surface area contributed by atoms with E-state index in [2.05, 4.69) is 10.3 Å². The standard InChI is InChI=1S/C17H20N2O3/c1-3-22-16-7-6-15(9-14(16)11-20)19-17(21)12(2)13-5-4-8-18-10-13/h4-10,12,20H,3,11H2,1-2H3,(H,19,21)/t12-/m0/s1. The summed E-state index contributed by atoms with van der Waals surface area (Å²) < 4.78 is 5.42. The van der Waals surface area contributed by atoms with Gasteiger partial charge in [-0.1, -0.05) is 6.07 Å². The van der Waals surface area contributed by atoms with Crippen LogP contribution in [-0.2, 0) is 11.4 Å². The highest BCUT2D eigenvalue weighted by atomic mass is 16.5. The molecule has 0 aliphatic carbocycles. The number of aliphatic hydroxyl groups excluding tert-OH is 1. The summed E-state index contributed by atoms with van der Waals surface area (Å²) in [5.74, 6) is 0.196. The average molecular weight is 300 g/mol. The lowest BCUT2D eigenvalue weighted by Crippen LogP contribution is -2.19. The fraction of sp³-hybridized carbons (Fsp3) is 0.294. The predicted molar refractivity (Wildman–Crippen MR) is 84.8 cm³/mol. The number of aromatic nitrogens is 1. The molecule has 2 aromatic rings. The number of pyridine rings is 1. The number of benzene rings is 1. The molecule has 1 heterocycles. The summed E-state index contributed by atoms with van der Waals surface area (Å²) in [6.45, 7) is 4.09. The Kier molecular flexibility index (Phi) is 5.49. The third-order valence-electron chi connectivity index (χ3n) is 3.38. The third-order valence-corrected chi connectivity index (χ3v) is 3.38. The molecule has 0 bridgehead atoms. The summed E-state index contributed by atoms with van der Waals surface area (Å²) in [5.41, 5.74) is 2.13. The number of ether oxygens (including phenoxy) is 1. The number of amides is 1. The van der Waals surface area contributed by atoms with Crippen molar-refractivity contribution < 1.29 is 14.6 Å². The Morgan fingerprint density at radius 1 is 1.41 bits per heavy atom. The number of nitrogens with one attached hydrogen (secondary N) is 1. The first-order valence-electron chi connectivity index (χ1n) is 7.23. The van der Waals surface area contributed by atoms with E-state index in [1.165, 1.54) is 0 Å². The van der Waals surface area contributed by atoms with Crippen LogP contribution in [0, 0.1) is 0 Å². The molecule has 0 saturated heterocycles. The summed E-state index contributed by atoms with van der Waals surface area (Å²) >= 11 is 0. The monoisotopic (exact) mass is 300 g/mol. The Hall–Kier alpha value is -2.40. The van der Waals surface area contributed by atoms with E-state index in [1.807, 2.05) is 19.9 Å². The van der Waals surface area contributed by atoms with Crippen LogP contribution in [0.4, 0.5) is 5.69 Å². The molecule has 116 valence electrons. The minimum atomic E-state index is -0.308. The summed E-state index contributed by atoms with van der Waals surface area (Å²) in [4.78, 5) is 16.3. The number of hydrogen-bond donors (Lipinski definition) is 2. The molecule has 2 rings (SSSR count). The van der Waals surface area contributed by atoms with E-state index in [4.69, 9.17) is 4.74 Å². The van der Waals surface area contributed by atoms with Crippen molar-refractivity contribution in [3.05, 3.63) is 53.9 Å². The van der Waals surface area contributed by atoms with Crippen LogP contribution in [0.5, 0.6) is 5.75 Å². The second-order valence-corrected chi connectivity index (χ2v) is 4.91. The van der Waals surface area contributed by atoms with Crippen molar-refractivity contribution in [2.75, 3.05) is 11.9 Å². The molecule has 0 unspecified atom stereocenters. The van der Waals surface area contributed by atoms with E-state index in [-0.39, 0.29) is 18.4 Å². The van der Waals surface area contributed by atoms with Gasteiger partial charge in [0, 0.05) is 23.6 Å².